The van der Waals surface area contributed by atoms with E-state index in [0.717, 1.165) is 65.9 Å². The van der Waals surface area contributed by atoms with Crippen molar-refractivity contribution in [3.63, 3.8) is 0 Å². The third kappa shape index (κ3) is 5.43. The average molecular weight is 623 g/mol. The quantitative estimate of drug-likeness (QED) is 0.392. The van der Waals surface area contributed by atoms with Crippen LogP contribution >= 0.6 is 11.8 Å². The van der Waals surface area contributed by atoms with Gasteiger partial charge in [-0.15, -0.1) is 11.8 Å². The van der Waals surface area contributed by atoms with Crippen molar-refractivity contribution in [2.75, 3.05) is 56.5 Å². The molecule has 8 nitrogen and oxygen atoms in total. The molecule has 11 heteroatoms. The minimum atomic E-state index is -0.630. The van der Waals surface area contributed by atoms with Gasteiger partial charge in [-0.1, -0.05) is 13.5 Å². The Kier molecular flexibility index (Phi) is 8.56. The molecule has 1 unspecified atom stereocenters. The molecule has 2 fully saturated rings. The lowest BCUT2D eigenvalue weighted by molar-refractivity contribution is -0.130. The van der Waals surface area contributed by atoms with E-state index in [4.69, 9.17) is 4.98 Å². The Labute approximate surface area is 261 Å². The number of anilines is 1. The van der Waals surface area contributed by atoms with Crippen LogP contribution in [0.15, 0.2) is 46.6 Å². The molecule has 0 N–H and O–H groups in total. The summed E-state index contributed by atoms with van der Waals surface area (Å²) in [5, 5.41) is 0.829. The Morgan fingerprint density at radius 2 is 1.80 bits per heavy atom. The van der Waals surface area contributed by atoms with Gasteiger partial charge in [0.05, 0.1) is 5.52 Å². The van der Waals surface area contributed by atoms with E-state index in [1.807, 2.05) is 31.7 Å². The van der Waals surface area contributed by atoms with Crippen LogP contribution in [0.4, 0.5) is 14.6 Å². The summed E-state index contributed by atoms with van der Waals surface area (Å²) in [6, 6.07) is 5.55. The molecule has 0 aliphatic carbocycles. The number of hydrogen-bond donors (Lipinski definition) is 0. The van der Waals surface area contributed by atoms with Gasteiger partial charge in [0.2, 0.25) is 5.91 Å². The lowest BCUT2D eigenvalue weighted by Crippen LogP contribution is -2.58. The van der Waals surface area contributed by atoms with Crippen molar-refractivity contribution in [1.29, 1.82) is 0 Å². The van der Waals surface area contributed by atoms with Crippen molar-refractivity contribution in [1.82, 2.24) is 24.3 Å². The molecule has 0 spiro atoms. The molecule has 4 heterocycles. The summed E-state index contributed by atoms with van der Waals surface area (Å²) >= 11 is 1.65. The number of aryl methyl sites for hydroxylation is 1. The van der Waals surface area contributed by atoms with Crippen molar-refractivity contribution >= 4 is 34.4 Å². The Bertz CT molecular complexity index is 1660. The van der Waals surface area contributed by atoms with E-state index in [0.29, 0.717) is 36.6 Å². The van der Waals surface area contributed by atoms with Crippen LogP contribution in [0.1, 0.15) is 26.3 Å². The molecular weight excluding hydrogens is 582 g/mol. The minimum absolute atomic E-state index is 0.0969. The number of carbonyl (C=O) groups is 1. The maximum Gasteiger partial charge on any atom is 0.350 e. The van der Waals surface area contributed by atoms with Gasteiger partial charge in [0, 0.05) is 97.2 Å². The lowest BCUT2D eigenvalue weighted by Gasteiger charge is -2.44. The molecular formula is C33H40F2N6O2S. The predicted molar refractivity (Wildman–Crippen MR) is 172 cm³/mol. The van der Waals surface area contributed by atoms with Crippen LogP contribution in [-0.2, 0) is 11.3 Å². The topological polar surface area (TPSA) is 64.9 Å². The Morgan fingerprint density at radius 1 is 1.09 bits per heavy atom. The van der Waals surface area contributed by atoms with E-state index in [9.17, 15) is 14.0 Å². The summed E-state index contributed by atoms with van der Waals surface area (Å²) in [4.78, 5) is 40.9. The normalized spacial score (nSPS) is 23.2. The first-order chi connectivity index (χ1) is 21.1. The van der Waals surface area contributed by atoms with Crippen LogP contribution in [0, 0.1) is 18.6 Å². The molecule has 0 bridgehead atoms. The monoisotopic (exact) mass is 622 g/mol. The van der Waals surface area contributed by atoms with Gasteiger partial charge in [0.25, 0.3) is 0 Å². The van der Waals surface area contributed by atoms with Crippen molar-refractivity contribution in [2.45, 2.75) is 57.3 Å². The van der Waals surface area contributed by atoms with Gasteiger partial charge in [-0.25, -0.2) is 13.6 Å². The number of rotatable bonds is 5. The number of likely N-dealkylation sites (N-methyl/N-ethyl adjacent to an activating group) is 1. The van der Waals surface area contributed by atoms with Crippen LogP contribution in [0.3, 0.4) is 0 Å². The highest BCUT2D eigenvalue weighted by Gasteiger charge is 2.35. The highest BCUT2D eigenvalue weighted by Crippen LogP contribution is 2.44. The molecule has 6 rings (SSSR count). The average Bonchev–Trinajstić information content (AvgIpc) is 3.20. The van der Waals surface area contributed by atoms with E-state index in [1.54, 1.807) is 16.3 Å². The third-order valence-corrected chi connectivity index (χ3v) is 10.7. The second kappa shape index (κ2) is 12.3. The number of piperazine rings is 2. The Hall–Kier alpha value is -3.28. The molecule has 3 aliphatic rings. The Balaban J connectivity index is 1.51. The lowest BCUT2D eigenvalue weighted by atomic mass is 9.97. The summed E-state index contributed by atoms with van der Waals surface area (Å²) in [5.74, 6) is -0.0652. The maximum atomic E-state index is 15.4. The molecule has 0 saturated carbocycles. The second-order valence-corrected chi connectivity index (χ2v) is 13.3. The first kappa shape index (κ1) is 30.7. The van der Waals surface area contributed by atoms with Gasteiger partial charge in [-0.05, 0) is 57.2 Å². The molecule has 44 heavy (non-hydrogen) atoms. The molecule has 2 aromatic carbocycles. The van der Waals surface area contributed by atoms with Crippen LogP contribution < -0.4 is 10.6 Å². The molecule has 0 radical (unpaired) electrons. The fraction of sp³-hybridized carbons (Fsp3) is 0.485. The first-order valence-corrected chi connectivity index (χ1v) is 16.4. The summed E-state index contributed by atoms with van der Waals surface area (Å²) in [7, 11) is 0. The minimum Gasteiger partial charge on any atom is -0.352 e. The number of nitrogens with zero attached hydrogens (tertiary/aromatic N) is 6. The van der Waals surface area contributed by atoms with Crippen molar-refractivity contribution < 1.29 is 13.6 Å². The maximum absolute atomic E-state index is 15.4. The SMILES string of the molecule is C=CC(=O)N1[C@H](C)CN(c2nc(=O)n3c4c(c(-c5ccc(F)cc5F)c(C)cc24)SCC(N2CCN(CC)CC2)C3)C[C@@H]1C. The van der Waals surface area contributed by atoms with Crippen molar-refractivity contribution in [3.8, 4) is 11.1 Å². The number of benzene rings is 2. The molecule has 1 aromatic heterocycles. The smallest absolute Gasteiger partial charge is 0.350 e. The van der Waals surface area contributed by atoms with Crippen LogP contribution in [0.25, 0.3) is 22.0 Å². The molecule has 2 saturated heterocycles. The molecule has 3 atom stereocenters. The van der Waals surface area contributed by atoms with Gasteiger partial charge in [-0.2, -0.15) is 4.98 Å². The van der Waals surface area contributed by atoms with Gasteiger partial charge in [-0.3, -0.25) is 14.3 Å². The summed E-state index contributed by atoms with van der Waals surface area (Å²) in [6.45, 7) is 18.1. The highest BCUT2D eigenvalue weighted by atomic mass is 32.2. The fourth-order valence-electron chi connectivity index (χ4n) is 7.24. The number of carbonyl (C=O) groups excluding carboxylic acids is 1. The highest BCUT2D eigenvalue weighted by molar-refractivity contribution is 7.99. The van der Waals surface area contributed by atoms with Crippen LogP contribution in [0.5, 0.6) is 0 Å². The number of hydrogen-bond acceptors (Lipinski definition) is 7. The largest absolute Gasteiger partial charge is 0.352 e. The number of amides is 1. The zero-order chi connectivity index (χ0) is 31.3. The van der Waals surface area contributed by atoms with E-state index in [-0.39, 0.29) is 29.7 Å². The predicted octanol–water partition coefficient (Wildman–Crippen LogP) is 4.37. The van der Waals surface area contributed by atoms with E-state index < -0.39 is 11.6 Å². The van der Waals surface area contributed by atoms with Crippen molar-refractivity contribution in [2.24, 2.45) is 0 Å². The van der Waals surface area contributed by atoms with E-state index in [1.165, 1.54) is 18.2 Å². The first-order valence-electron chi connectivity index (χ1n) is 15.4. The molecule has 1 amide bonds. The van der Waals surface area contributed by atoms with Crippen LogP contribution in [0.2, 0.25) is 0 Å². The molecule has 3 aliphatic heterocycles. The van der Waals surface area contributed by atoms with Crippen molar-refractivity contribution in [3.05, 3.63) is 64.6 Å². The van der Waals surface area contributed by atoms with Gasteiger partial charge < -0.3 is 14.7 Å². The second-order valence-electron chi connectivity index (χ2n) is 12.2. The number of halogens is 2. The third-order valence-electron chi connectivity index (χ3n) is 9.43. The number of thioether (sulfide) groups is 1. The summed E-state index contributed by atoms with van der Waals surface area (Å²) in [6.07, 6.45) is 1.34. The van der Waals surface area contributed by atoms with E-state index in [2.05, 4.69) is 28.2 Å². The zero-order valence-corrected chi connectivity index (χ0v) is 26.7. The fourth-order valence-corrected chi connectivity index (χ4v) is 8.69. The van der Waals surface area contributed by atoms with Gasteiger partial charge >= 0.3 is 5.69 Å². The standard InChI is InChI=1S/C33H40F2N6O2S/c1-6-28(42)41-21(4)16-39(17-22(41)5)32-26-14-20(3)29(25-9-8-23(34)15-27(25)35)31-30(26)40(33(43)36-32)18-24(19-44-31)38-12-10-37(7-2)11-13-38/h6,8-9,14-15,21-22,24H,1,7,10-13,16-19H2,2-5H3/t21-,22+,24?. The Morgan fingerprint density at radius 3 is 2.43 bits per heavy atom. The molecule has 234 valence electrons. The van der Waals surface area contributed by atoms with Gasteiger partial charge in [0.1, 0.15) is 17.5 Å². The van der Waals surface area contributed by atoms with Crippen LogP contribution in [-0.4, -0.2) is 99.8 Å². The zero-order valence-electron chi connectivity index (χ0n) is 25.9. The van der Waals surface area contributed by atoms with Gasteiger partial charge in [0.15, 0.2) is 0 Å². The molecule has 3 aromatic rings. The number of aromatic nitrogens is 2. The summed E-state index contributed by atoms with van der Waals surface area (Å²) in [5.41, 5.74) is 2.24. The van der Waals surface area contributed by atoms with E-state index >= 15 is 4.39 Å². The summed E-state index contributed by atoms with van der Waals surface area (Å²) < 4.78 is 31.1.